The molecule has 0 bridgehead atoms. The van der Waals surface area contributed by atoms with E-state index in [1.165, 1.54) is 11.1 Å². The number of hydrogen-bond donors (Lipinski definition) is 2. The summed E-state index contributed by atoms with van der Waals surface area (Å²) in [5.74, 6) is 1.02. The minimum Gasteiger partial charge on any atom is -0.370 e. The summed E-state index contributed by atoms with van der Waals surface area (Å²) in [4.78, 5) is 4.27. The highest BCUT2D eigenvalue weighted by molar-refractivity contribution is 5.93. The van der Waals surface area contributed by atoms with Crippen molar-refractivity contribution in [3.63, 3.8) is 0 Å². The molecule has 0 atom stereocenters. The van der Waals surface area contributed by atoms with E-state index in [4.69, 9.17) is 5.73 Å². The van der Waals surface area contributed by atoms with Crippen molar-refractivity contribution >= 4 is 11.6 Å². The lowest BCUT2D eigenvalue weighted by molar-refractivity contribution is 0.665. The van der Waals surface area contributed by atoms with Crippen LogP contribution in [0.3, 0.4) is 0 Å². The average molecular weight is 219 g/mol. The van der Waals surface area contributed by atoms with Gasteiger partial charge in [0.15, 0.2) is 5.96 Å². The molecule has 0 radical (unpaired) electrons. The van der Waals surface area contributed by atoms with Gasteiger partial charge in [0.1, 0.15) is 0 Å². The fourth-order valence-corrected chi connectivity index (χ4v) is 1.33. The summed E-state index contributed by atoms with van der Waals surface area (Å²) < 4.78 is 0. The molecule has 0 saturated carbocycles. The zero-order valence-electron chi connectivity index (χ0n) is 10.5. The summed E-state index contributed by atoms with van der Waals surface area (Å²) in [5, 5.41) is 3.13. The molecule has 0 aliphatic heterocycles. The second-order valence-corrected chi connectivity index (χ2v) is 4.56. The second-order valence-electron chi connectivity index (χ2n) is 4.56. The standard InChI is InChI=1S/C13H21N3/c1-9(2)8-15-13(14)16-12-7-10(3)5-6-11(12)4/h5-7,9H,8H2,1-4H3,(H3,14,15,16). The van der Waals surface area contributed by atoms with Crippen molar-refractivity contribution in [3.8, 4) is 0 Å². The quantitative estimate of drug-likeness (QED) is 0.606. The summed E-state index contributed by atoms with van der Waals surface area (Å²) in [7, 11) is 0. The van der Waals surface area contributed by atoms with Gasteiger partial charge in [-0.1, -0.05) is 26.0 Å². The van der Waals surface area contributed by atoms with Crippen LogP contribution in [0.4, 0.5) is 5.69 Å². The first kappa shape index (κ1) is 12.6. The van der Waals surface area contributed by atoms with Crippen LogP contribution in [0, 0.1) is 19.8 Å². The topological polar surface area (TPSA) is 50.4 Å². The van der Waals surface area contributed by atoms with Gasteiger partial charge in [0.25, 0.3) is 0 Å². The fraction of sp³-hybridized carbons (Fsp3) is 0.462. The van der Waals surface area contributed by atoms with Crippen LogP contribution in [0.15, 0.2) is 23.2 Å². The SMILES string of the molecule is Cc1ccc(C)c(NC(N)=NCC(C)C)c1. The molecule has 1 rings (SSSR count). The zero-order valence-corrected chi connectivity index (χ0v) is 10.5. The molecular weight excluding hydrogens is 198 g/mol. The highest BCUT2D eigenvalue weighted by atomic mass is 15.1. The van der Waals surface area contributed by atoms with Gasteiger partial charge in [-0.15, -0.1) is 0 Å². The number of guanidine groups is 1. The van der Waals surface area contributed by atoms with Gasteiger partial charge in [-0.2, -0.15) is 0 Å². The van der Waals surface area contributed by atoms with Gasteiger partial charge >= 0.3 is 0 Å². The van der Waals surface area contributed by atoms with E-state index in [0.29, 0.717) is 11.9 Å². The molecule has 0 aliphatic carbocycles. The van der Waals surface area contributed by atoms with E-state index in [9.17, 15) is 0 Å². The summed E-state index contributed by atoms with van der Waals surface area (Å²) in [6.07, 6.45) is 0. The highest BCUT2D eigenvalue weighted by Crippen LogP contribution is 2.15. The Morgan fingerprint density at radius 2 is 2.06 bits per heavy atom. The first-order valence-electron chi connectivity index (χ1n) is 5.63. The van der Waals surface area contributed by atoms with Gasteiger partial charge in [0, 0.05) is 12.2 Å². The van der Waals surface area contributed by atoms with Crippen molar-refractivity contribution in [1.29, 1.82) is 0 Å². The smallest absolute Gasteiger partial charge is 0.193 e. The molecule has 88 valence electrons. The zero-order chi connectivity index (χ0) is 12.1. The molecule has 3 N–H and O–H groups in total. The maximum Gasteiger partial charge on any atom is 0.193 e. The lowest BCUT2D eigenvalue weighted by atomic mass is 10.1. The van der Waals surface area contributed by atoms with Crippen LogP contribution in [0.25, 0.3) is 0 Å². The highest BCUT2D eigenvalue weighted by Gasteiger charge is 2.00. The number of nitrogens with zero attached hydrogens (tertiary/aromatic N) is 1. The Morgan fingerprint density at radius 1 is 1.38 bits per heavy atom. The Hall–Kier alpha value is -1.51. The minimum absolute atomic E-state index is 0.488. The van der Waals surface area contributed by atoms with Crippen LogP contribution >= 0.6 is 0 Å². The molecule has 0 aliphatic rings. The molecule has 0 unspecified atom stereocenters. The number of nitrogens with one attached hydrogen (secondary N) is 1. The molecule has 16 heavy (non-hydrogen) atoms. The number of nitrogens with two attached hydrogens (primary N) is 1. The third-order valence-corrected chi connectivity index (χ3v) is 2.28. The predicted molar refractivity (Wildman–Crippen MR) is 70.9 cm³/mol. The average Bonchev–Trinajstić information content (AvgIpc) is 2.20. The second kappa shape index (κ2) is 5.54. The largest absolute Gasteiger partial charge is 0.370 e. The van der Waals surface area contributed by atoms with Gasteiger partial charge in [-0.05, 0) is 37.0 Å². The number of hydrogen-bond acceptors (Lipinski definition) is 1. The Labute approximate surface area is 97.8 Å². The van der Waals surface area contributed by atoms with Gasteiger partial charge in [-0.3, -0.25) is 4.99 Å². The van der Waals surface area contributed by atoms with E-state index < -0.39 is 0 Å². The van der Waals surface area contributed by atoms with Crippen LogP contribution < -0.4 is 11.1 Å². The monoisotopic (exact) mass is 219 g/mol. The Kier molecular flexibility index (Phi) is 4.35. The third-order valence-electron chi connectivity index (χ3n) is 2.28. The molecule has 0 spiro atoms. The van der Waals surface area contributed by atoms with Crippen LogP contribution in [0.1, 0.15) is 25.0 Å². The van der Waals surface area contributed by atoms with Crippen LogP contribution in [-0.2, 0) is 0 Å². The molecular formula is C13H21N3. The van der Waals surface area contributed by atoms with Crippen molar-refractivity contribution in [2.45, 2.75) is 27.7 Å². The van der Waals surface area contributed by atoms with Crippen molar-refractivity contribution in [3.05, 3.63) is 29.3 Å². The maximum atomic E-state index is 5.81. The molecule has 0 fully saturated rings. The first-order valence-corrected chi connectivity index (χ1v) is 5.63. The maximum absolute atomic E-state index is 5.81. The van der Waals surface area contributed by atoms with E-state index in [2.05, 4.69) is 56.2 Å². The predicted octanol–water partition coefficient (Wildman–Crippen LogP) is 2.69. The summed E-state index contributed by atoms with van der Waals surface area (Å²) in [6, 6.07) is 6.24. The van der Waals surface area contributed by atoms with Crippen LogP contribution in [-0.4, -0.2) is 12.5 Å². The van der Waals surface area contributed by atoms with Crippen LogP contribution in [0.2, 0.25) is 0 Å². The molecule has 1 aromatic carbocycles. The molecule has 0 amide bonds. The molecule has 0 aromatic heterocycles. The lowest BCUT2D eigenvalue weighted by Gasteiger charge is -2.10. The fourth-order valence-electron chi connectivity index (χ4n) is 1.33. The Morgan fingerprint density at radius 3 is 2.69 bits per heavy atom. The van der Waals surface area contributed by atoms with Gasteiger partial charge in [0.2, 0.25) is 0 Å². The van der Waals surface area contributed by atoms with Crippen molar-refractivity contribution in [2.75, 3.05) is 11.9 Å². The van der Waals surface area contributed by atoms with E-state index in [1.54, 1.807) is 0 Å². The van der Waals surface area contributed by atoms with Crippen LogP contribution in [0.5, 0.6) is 0 Å². The number of rotatable bonds is 3. The van der Waals surface area contributed by atoms with Crippen molar-refractivity contribution < 1.29 is 0 Å². The number of anilines is 1. The van der Waals surface area contributed by atoms with Gasteiger partial charge in [-0.25, -0.2) is 0 Å². The Bertz CT molecular complexity index is 381. The van der Waals surface area contributed by atoms with Gasteiger partial charge < -0.3 is 11.1 Å². The summed E-state index contributed by atoms with van der Waals surface area (Å²) in [5.41, 5.74) is 9.23. The molecule has 0 saturated heterocycles. The number of aliphatic imine (C=N–C) groups is 1. The van der Waals surface area contributed by atoms with Gasteiger partial charge in [0.05, 0.1) is 0 Å². The molecule has 1 aromatic rings. The molecule has 3 heteroatoms. The minimum atomic E-state index is 0.488. The van der Waals surface area contributed by atoms with E-state index >= 15 is 0 Å². The third kappa shape index (κ3) is 3.93. The summed E-state index contributed by atoms with van der Waals surface area (Å²) in [6.45, 7) is 9.11. The van der Waals surface area contributed by atoms with E-state index in [-0.39, 0.29) is 0 Å². The molecule has 3 nitrogen and oxygen atoms in total. The van der Waals surface area contributed by atoms with E-state index in [0.717, 1.165) is 12.2 Å². The van der Waals surface area contributed by atoms with Crippen molar-refractivity contribution in [1.82, 2.24) is 0 Å². The summed E-state index contributed by atoms with van der Waals surface area (Å²) >= 11 is 0. The normalized spacial score (nSPS) is 11.9. The first-order chi connectivity index (χ1) is 7.49. The van der Waals surface area contributed by atoms with E-state index in [1.807, 2.05) is 0 Å². The lowest BCUT2D eigenvalue weighted by Crippen LogP contribution is -2.23. The number of aryl methyl sites for hydroxylation is 2. The van der Waals surface area contributed by atoms with Crippen molar-refractivity contribution in [2.24, 2.45) is 16.6 Å². The molecule has 0 heterocycles. The number of benzene rings is 1. The Balaban J connectivity index is 2.72.